The van der Waals surface area contributed by atoms with E-state index in [-0.39, 0.29) is 5.91 Å². The maximum Gasteiger partial charge on any atom is 0.222 e. The SMILES string of the molecule is COc1ccc(CCC(=O)N2CCN(Cc3cccs3)CC2)cc1OC. The van der Waals surface area contributed by atoms with E-state index in [1.54, 1.807) is 25.6 Å². The number of methoxy groups -OCH3 is 2. The summed E-state index contributed by atoms with van der Waals surface area (Å²) >= 11 is 1.79. The van der Waals surface area contributed by atoms with Crippen molar-refractivity contribution in [2.24, 2.45) is 0 Å². The number of piperazine rings is 1. The van der Waals surface area contributed by atoms with E-state index in [0.29, 0.717) is 24.3 Å². The van der Waals surface area contributed by atoms with E-state index in [1.165, 1.54) is 4.88 Å². The normalized spacial score (nSPS) is 15.1. The van der Waals surface area contributed by atoms with Crippen molar-refractivity contribution in [3.8, 4) is 11.5 Å². The van der Waals surface area contributed by atoms with Crippen molar-refractivity contribution in [1.82, 2.24) is 9.80 Å². The average molecular weight is 375 g/mol. The molecule has 3 rings (SSSR count). The van der Waals surface area contributed by atoms with Crippen LogP contribution in [0.15, 0.2) is 35.7 Å². The predicted octanol–water partition coefficient (Wildman–Crippen LogP) is 3.04. The van der Waals surface area contributed by atoms with Crippen LogP contribution in [0.3, 0.4) is 0 Å². The molecule has 0 bridgehead atoms. The van der Waals surface area contributed by atoms with Gasteiger partial charge in [-0.2, -0.15) is 0 Å². The molecule has 0 N–H and O–H groups in total. The maximum absolute atomic E-state index is 12.5. The molecule has 0 saturated carbocycles. The molecule has 1 aromatic heterocycles. The van der Waals surface area contributed by atoms with Gasteiger partial charge in [-0.25, -0.2) is 0 Å². The van der Waals surface area contributed by atoms with Crippen LogP contribution < -0.4 is 9.47 Å². The van der Waals surface area contributed by atoms with Crippen LogP contribution in [0.1, 0.15) is 16.9 Å². The second-order valence-electron chi connectivity index (χ2n) is 6.43. The van der Waals surface area contributed by atoms with Gasteiger partial charge < -0.3 is 14.4 Å². The van der Waals surface area contributed by atoms with Gasteiger partial charge in [-0.15, -0.1) is 11.3 Å². The highest BCUT2D eigenvalue weighted by molar-refractivity contribution is 7.09. The molecular weight excluding hydrogens is 348 g/mol. The molecule has 1 fully saturated rings. The molecule has 26 heavy (non-hydrogen) atoms. The summed E-state index contributed by atoms with van der Waals surface area (Å²) in [6.45, 7) is 4.51. The van der Waals surface area contributed by atoms with Crippen LogP contribution >= 0.6 is 11.3 Å². The Morgan fingerprint density at radius 1 is 1.08 bits per heavy atom. The highest BCUT2D eigenvalue weighted by atomic mass is 32.1. The van der Waals surface area contributed by atoms with Crippen LogP contribution in [0, 0.1) is 0 Å². The molecule has 2 aromatic rings. The summed E-state index contributed by atoms with van der Waals surface area (Å²) in [6, 6.07) is 10.1. The number of hydrogen-bond donors (Lipinski definition) is 0. The fourth-order valence-electron chi connectivity index (χ4n) is 3.22. The molecule has 140 valence electrons. The third-order valence-electron chi connectivity index (χ3n) is 4.76. The Bertz CT molecular complexity index is 710. The van der Waals surface area contributed by atoms with E-state index in [4.69, 9.17) is 9.47 Å². The molecule has 0 aliphatic carbocycles. The first-order valence-electron chi connectivity index (χ1n) is 8.93. The van der Waals surface area contributed by atoms with E-state index in [2.05, 4.69) is 22.4 Å². The molecule has 1 saturated heterocycles. The molecule has 1 aliphatic heterocycles. The maximum atomic E-state index is 12.5. The van der Waals surface area contributed by atoms with E-state index in [9.17, 15) is 4.79 Å². The Labute approximate surface area is 159 Å². The van der Waals surface area contributed by atoms with Gasteiger partial charge in [0.15, 0.2) is 11.5 Å². The zero-order valence-corrected chi connectivity index (χ0v) is 16.3. The second-order valence-corrected chi connectivity index (χ2v) is 7.46. The second kappa shape index (κ2) is 9.05. The summed E-state index contributed by atoms with van der Waals surface area (Å²) in [5.74, 6) is 1.65. The molecule has 1 aromatic carbocycles. The Morgan fingerprint density at radius 3 is 2.50 bits per heavy atom. The summed E-state index contributed by atoms with van der Waals surface area (Å²) in [5, 5.41) is 2.11. The minimum Gasteiger partial charge on any atom is -0.493 e. The summed E-state index contributed by atoms with van der Waals surface area (Å²) in [7, 11) is 3.25. The van der Waals surface area contributed by atoms with Crippen LogP contribution in [0.2, 0.25) is 0 Å². The molecule has 5 nitrogen and oxygen atoms in total. The van der Waals surface area contributed by atoms with Crippen molar-refractivity contribution in [3.05, 3.63) is 46.2 Å². The molecule has 1 amide bonds. The molecule has 0 unspecified atom stereocenters. The molecule has 6 heteroatoms. The van der Waals surface area contributed by atoms with Crippen molar-refractivity contribution in [1.29, 1.82) is 0 Å². The van der Waals surface area contributed by atoms with E-state index in [1.807, 2.05) is 23.1 Å². The fourth-order valence-corrected chi connectivity index (χ4v) is 3.97. The number of aryl methyl sites for hydroxylation is 1. The highest BCUT2D eigenvalue weighted by Crippen LogP contribution is 2.28. The molecule has 0 atom stereocenters. The number of amides is 1. The number of thiophene rings is 1. The Kier molecular flexibility index (Phi) is 6.52. The molecule has 0 radical (unpaired) electrons. The molecular formula is C20H26N2O3S. The molecule has 1 aliphatic rings. The summed E-state index contributed by atoms with van der Waals surface area (Å²) in [4.78, 5) is 18.3. The van der Waals surface area contributed by atoms with Crippen LogP contribution in [-0.2, 0) is 17.8 Å². The van der Waals surface area contributed by atoms with Crippen LogP contribution in [0.4, 0.5) is 0 Å². The lowest BCUT2D eigenvalue weighted by Gasteiger charge is -2.34. The van der Waals surface area contributed by atoms with Gasteiger partial charge in [-0.1, -0.05) is 12.1 Å². The number of nitrogens with zero attached hydrogens (tertiary/aromatic N) is 2. The van der Waals surface area contributed by atoms with Crippen molar-refractivity contribution in [2.75, 3.05) is 40.4 Å². The number of rotatable bonds is 7. The van der Waals surface area contributed by atoms with Crippen molar-refractivity contribution < 1.29 is 14.3 Å². The van der Waals surface area contributed by atoms with Crippen LogP contribution in [0.25, 0.3) is 0 Å². The van der Waals surface area contributed by atoms with Crippen LogP contribution in [0.5, 0.6) is 11.5 Å². The van der Waals surface area contributed by atoms with Crippen molar-refractivity contribution in [2.45, 2.75) is 19.4 Å². The minimum atomic E-state index is 0.232. The van der Waals surface area contributed by atoms with Gasteiger partial charge in [0.2, 0.25) is 5.91 Å². The minimum absolute atomic E-state index is 0.232. The molecule has 0 spiro atoms. The zero-order valence-electron chi connectivity index (χ0n) is 15.4. The average Bonchev–Trinajstić information content (AvgIpc) is 3.19. The Hall–Kier alpha value is -2.05. The third-order valence-corrected chi connectivity index (χ3v) is 5.62. The number of carbonyl (C=O) groups excluding carboxylic acids is 1. The molecule has 2 heterocycles. The van der Waals surface area contributed by atoms with Gasteiger partial charge in [0.25, 0.3) is 0 Å². The largest absolute Gasteiger partial charge is 0.493 e. The predicted molar refractivity (Wildman–Crippen MR) is 104 cm³/mol. The summed E-state index contributed by atoms with van der Waals surface area (Å²) < 4.78 is 10.6. The van der Waals surface area contributed by atoms with Gasteiger partial charge in [0.05, 0.1) is 14.2 Å². The monoisotopic (exact) mass is 374 g/mol. The number of ether oxygens (including phenoxy) is 2. The fraction of sp³-hybridized carbons (Fsp3) is 0.450. The lowest BCUT2D eigenvalue weighted by Crippen LogP contribution is -2.48. The topological polar surface area (TPSA) is 42.0 Å². The summed E-state index contributed by atoms with van der Waals surface area (Å²) in [5.41, 5.74) is 1.09. The zero-order chi connectivity index (χ0) is 18.4. The lowest BCUT2D eigenvalue weighted by atomic mass is 10.1. The number of hydrogen-bond acceptors (Lipinski definition) is 5. The van der Waals surface area contributed by atoms with Crippen LogP contribution in [-0.4, -0.2) is 56.1 Å². The number of carbonyl (C=O) groups is 1. The van der Waals surface area contributed by atoms with Gasteiger partial charge in [0, 0.05) is 44.0 Å². The number of benzene rings is 1. The quantitative estimate of drug-likeness (QED) is 0.747. The standard InChI is InChI=1S/C20H26N2O3S/c1-24-18-7-5-16(14-19(18)25-2)6-8-20(23)22-11-9-21(10-12-22)15-17-4-3-13-26-17/h3-5,7,13-14H,6,8-12,15H2,1-2H3. The smallest absolute Gasteiger partial charge is 0.222 e. The van der Waals surface area contributed by atoms with Crippen molar-refractivity contribution in [3.63, 3.8) is 0 Å². The first-order valence-corrected chi connectivity index (χ1v) is 9.81. The van der Waals surface area contributed by atoms with Gasteiger partial charge in [0.1, 0.15) is 0 Å². The third kappa shape index (κ3) is 4.77. The highest BCUT2D eigenvalue weighted by Gasteiger charge is 2.21. The van der Waals surface area contributed by atoms with Gasteiger partial charge in [-0.05, 0) is 35.6 Å². The van der Waals surface area contributed by atoms with E-state index >= 15 is 0 Å². The lowest BCUT2D eigenvalue weighted by molar-refractivity contribution is -0.132. The van der Waals surface area contributed by atoms with E-state index < -0.39 is 0 Å². The van der Waals surface area contributed by atoms with E-state index in [0.717, 1.165) is 38.3 Å². The van der Waals surface area contributed by atoms with Gasteiger partial charge in [-0.3, -0.25) is 9.69 Å². The first kappa shape index (κ1) is 18.7. The summed E-state index contributed by atoms with van der Waals surface area (Å²) in [6.07, 6.45) is 1.25. The first-order chi connectivity index (χ1) is 12.7. The Balaban J connectivity index is 1.46. The Morgan fingerprint density at radius 2 is 1.85 bits per heavy atom. The van der Waals surface area contributed by atoms with Gasteiger partial charge >= 0.3 is 0 Å². The van der Waals surface area contributed by atoms with Crippen molar-refractivity contribution >= 4 is 17.2 Å².